The van der Waals surface area contributed by atoms with Crippen LogP contribution in [0.25, 0.3) is 28.8 Å². The summed E-state index contributed by atoms with van der Waals surface area (Å²) >= 11 is 12.9. The minimum absolute atomic E-state index is 0.00869. The highest BCUT2D eigenvalue weighted by molar-refractivity contribution is 8.04. The molecule has 4 rings (SSSR count). The van der Waals surface area contributed by atoms with Gasteiger partial charge in [0.25, 0.3) is 0 Å². The zero-order valence-corrected chi connectivity index (χ0v) is 18.8. The molecule has 2 aromatic carbocycles. The Morgan fingerprint density at radius 3 is 2.59 bits per heavy atom. The van der Waals surface area contributed by atoms with Crippen molar-refractivity contribution >= 4 is 47.0 Å². The highest BCUT2D eigenvalue weighted by atomic mass is 35.5. The third-order valence-electron chi connectivity index (χ3n) is 4.32. The van der Waals surface area contributed by atoms with Crippen LogP contribution in [-0.2, 0) is 4.79 Å². The largest absolute Gasteiger partial charge is 0.496 e. The van der Waals surface area contributed by atoms with Crippen molar-refractivity contribution < 1.29 is 19.1 Å². The third kappa shape index (κ3) is 4.99. The maximum atomic E-state index is 11.8. The topological polar surface area (TPSA) is 101 Å². The maximum absolute atomic E-state index is 11.8. The Labute approximate surface area is 197 Å². The lowest BCUT2D eigenvalue weighted by Gasteiger charge is -2.05. The van der Waals surface area contributed by atoms with E-state index in [1.807, 2.05) is 12.1 Å². The van der Waals surface area contributed by atoms with E-state index in [9.17, 15) is 9.90 Å². The predicted octanol–water partition coefficient (Wildman–Crippen LogP) is 6.26. The van der Waals surface area contributed by atoms with Crippen LogP contribution in [0.15, 0.2) is 69.1 Å². The van der Waals surface area contributed by atoms with Crippen LogP contribution in [0.4, 0.5) is 0 Å². The Morgan fingerprint density at radius 1 is 1.12 bits per heavy atom. The quantitative estimate of drug-likeness (QED) is 0.234. The number of H-pyrrole nitrogens is 1. The summed E-state index contributed by atoms with van der Waals surface area (Å²) < 4.78 is 11.1. The lowest BCUT2D eigenvalue weighted by Crippen LogP contribution is -1.97. The summed E-state index contributed by atoms with van der Waals surface area (Å²) in [5.41, 5.74) is 1.44. The first-order chi connectivity index (χ1) is 15.4. The monoisotopic (exact) mass is 487 g/mol. The van der Waals surface area contributed by atoms with Gasteiger partial charge in [-0.05, 0) is 66.4 Å². The lowest BCUT2D eigenvalue weighted by molar-refractivity contribution is -0.131. The number of rotatable bonds is 7. The molecule has 162 valence electrons. The number of benzene rings is 2. The molecule has 2 heterocycles. The molecule has 0 aliphatic carbocycles. The van der Waals surface area contributed by atoms with Gasteiger partial charge in [-0.3, -0.25) is 5.10 Å². The number of hydrogen-bond acceptors (Lipinski definition) is 6. The Bertz CT molecular complexity index is 1300. The molecule has 2 N–H and O–H groups in total. The summed E-state index contributed by atoms with van der Waals surface area (Å²) in [7, 11) is 1.53. The fourth-order valence-corrected chi connectivity index (χ4v) is 3.83. The van der Waals surface area contributed by atoms with Gasteiger partial charge in [-0.2, -0.15) is 0 Å². The fourth-order valence-electron chi connectivity index (χ4n) is 2.84. The third-order valence-corrected chi connectivity index (χ3v) is 5.69. The molecule has 10 heteroatoms. The van der Waals surface area contributed by atoms with Gasteiger partial charge >= 0.3 is 5.97 Å². The highest BCUT2D eigenvalue weighted by Crippen LogP contribution is 2.33. The van der Waals surface area contributed by atoms with Gasteiger partial charge in [0.1, 0.15) is 22.2 Å². The number of carbonyl (C=O) groups is 1. The SMILES string of the molecule is COc1ccc(Cl)cc1-c1nc(S/C(=C\c2ccc(-c3ccc(Cl)cc3)o2)C(=O)O)n[nH]1. The number of carboxylic acids is 1. The van der Waals surface area contributed by atoms with E-state index in [0.29, 0.717) is 38.7 Å². The van der Waals surface area contributed by atoms with Crippen molar-refractivity contribution in [3.05, 3.63) is 75.3 Å². The second-order valence-electron chi connectivity index (χ2n) is 6.44. The number of thioether (sulfide) groups is 1. The van der Waals surface area contributed by atoms with E-state index in [-0.39, 0.29) is 10.1 Å². The van der Waals surface area contributed by atoms with Crippen LogP contribution in [0, 0.1) is 0 Å². The summed E-state index contributed by atoms with van der Waals surface area (Å²) in [6.45, 7) is 0. The summed E-state index contributed by atoms with van der Waals surface area (Å²) in [6.07, 6.45) is 1.42. The first-order valence-electron chi connectivity index (χ1n) is 9.18. The molecule has 0 fully saturated rings. The molecule has 32 heavy (non-hydrogen) atoms. The summed E-state index contributed by atoms with van der Waals surface area (Å²) in [6, 6.07) is 15.7. The predicted molar refractivity (Wildman–Crippen MR) is 124 cm³/mol. The number of nitrogens with zero attached hydrogens (tertiary/aromatic N) is 2. The van der Waals surface area contributed by atoms with Crippen LogP contribution in [-0.4, -0.2) is 33.4 Å². The van der Waals surface area contributed by atoms with Gasteiger partial charge in [-0.15, -0.1) is 5.10 Å². The number of nitrogens with one attached hydrogen (secondary N) is 1. The summed E-state index contributed by atoms with van der Waals surface area (Å²) in [4.78, 5) is 16.2. The number of aromatic nitrogens is 3. The van der Waals surface area contributed by atoms with E-state index >= 15 is 0 Å². The standard InChI is InChI=1S/C22H15Cl2N3O4S/c1-30-18-8-6-14(24)10-16(18)20-25-22(27-26-20)32-19(21(28)29)11-15-7-9-17(31-15)12-2-4-13(23)5-3-12/h2-11H,1H3,(H,28,29)(H,25,26,27)/b19-11-. The van der Waals surface area contributed by atoms with Gasteiger partial charge in [-0.25, -0.2) is 9.78 Å². The van der Waals surface area contributed by atoms with E-state index in [4.69, 9.17) is 32.4 Å². The second kappa shape index (κ2) is 9.52. The average Bonchev–Trinajstić information content (AvgIpc) is 3.43. The molecule has 0 saturated heterocycles. The molecule has 0 spiro atoms. The van der Waals surface area contributed by atoms with Gasteiger partial charge in [0.05, 0.1) is 12.7 Å². The Morgan fingerprint density at radius 2 is 1.88 bits per heavy atom. The first-order valence-corrected chi connectivity index (χ1v) is 10.7. The molecule has 0 unspecified atom stereocenters. The van der Waals surface area contributed by atoms with Crippen molar-refractivity contribution in [3.63, 3.8) is 0 Å². The van der Waals surface area contributed by atoms with Crippen LogP contribution in [0.3, 0.4) is 0 Å². The summed E-state index contributed by atoms with van der Waals surface area (Å²) in [5, 5.41) is 17.9. The van der Waals surface area contributed by atoms with Gasteiger partial charge in [-0.1, -0.05) is 23.2 Å². The Kier molecular flexibility index (Phi) is 6.55. The van der Waals surface area contributed by atoms with Gasteiger partial charge in [0, 0.05) is 21.7 Å². The van der Waals surface area contributed by atoms with E-state index in [2.05, 4.69) is 15.2 Å². The normalized spacial score (nSPS) is 11.5. The van der Waals surface area contributed by atoms with Crippen LogP contribution in [0.5, 0.6) is 5.75 Å². The minimum atomic E-state index is -1.13. The fraction of sp³-hybridized carbons (Fsp3) is 0.0455. The molecule has 0 aliphatic heterocycles. The smallest absolute Gasteiger partial charge is 0.342 e. The molecule has 7 nitrogen and oxygen atoms in total. The molecule has 0 saturated carbocycles. The number of hydrogen-bond donors (Lipinski definition) is 2. The number of aliphatic carboxylic acids is 1. The maximum Gasteiger partial charge on any atom is 0.342 e. The molecule has 2 aromatic heterocycles. The first kappa shape index (κ1) is 22.0. The minimum Gasteiger partial charge on any atom is -0.496 e. The van der Waals surface area contributed by atoms with Crippen LogP contribution in [0.1, 0.15) is 5.76 Å². The van der Waals surface area contributed by atoms with E-state index in [1.165, 1.54) is 13.2 Å². The van der Waals surface area contributed by atoms with E-state index in [0.717, 1.165) is 17.3 Å². The van der Waals surface area contributed by atoms with Crippen LogP contribution >= 0.6 is 35.0 Å². The zero-order valence-electron chi connectivity index (χ0n) is 16.5. The van der Waals surface area contributed by atoms with Gasteiger partial charge in [0.15, 0.2) is 5.82 Å². The zero-order chi connectivity index (χ0) is 22.7. The summed E-state index contributed by atoms with van der Waals surface area (Å²) in [5.74, 6) is 0.801. The molecular formula is C22H15Cl2N3O4S. The molecule has 0 amide bonds. The number of halogens is 2. The number of methoxy groups -OCH3 is 1. The van der Waals surface area contributed by atoms with Crippen LogP contribution < -0.4 is 4.74 Å². The van der Waals surface area contributed by atoms with Crippen molar-refractivity contribution in [2.24, 2.45) is 0 Å². The van der Waals surface area contributed by atoms with Gasteiger partial charge in [0.2, 0.25) is 5.16 Å². The number of aromatic amines is 1. The number of furan rings is 1. The van der Waals surface area contributed by atoms with Gasteiger partial charge < -0.3 is 14.3 Å². The van der Waals surface area contributed by atoms with Crippen molar-refractivity contribution in [3.8, 4) is 28.5 Å². The van der Waals surface area contributed by atoms with E-state index in [1.54, 1.807) is 42.5 Å². The number of carboxylic acid groups (broad SMARTS) is 1. The van der Waals surface area contributed by atoms with Crippen molar-refractivity contribution in [2.75, 3.05) is 7.11 Å². The van der Waals surface area contributed by atoms with Crippen LogP contribution in [0.2, 0.25) is 10.0 Å². The van der Waals surface area contributed by atoms with Crippen molar-refractivity contribution in [1.82, 2.24) is 15.2 Å². The molecule has 0 aliphatic rings. The van der Waals surface area contributed by atoms with Crippen molar-refractivity contribution in [2.45, 2.75) is 5.16 Å². The number of ether oxygens (including phenoxy) is 1. The lowest BCUT2D eigenvalue weighted by atomic mass is 10.2. The molecule has 0 bridgehead atoms. The Hall–Kier alpha value is -3.20. The van der Waals surface area contributed by atoms with Crippen molar-refractivity contribution in [1.29, 1.82) is 0 Å². The van der Waals surface area contributed by atoms with E-state index < -0.39 is 5.97 Å². The highest BCUT2D eigenvalue weighted by Gasteiger charge is 2.17. The second-order valence-corrected chi connectivity index (χ2v) is 8.32. The molecule has 4 aromatic rings. The Balaban J connectivity index is 1.58. The molecule has 0 radical (unpaired) electrons. The molecule has 0 atom stereocenters. The molecular weight excluding hydrogens is 473 g/mol. The average molecular weight is 488 g/mol.